The first kappa shape index (κ1) is 8.63. The Kier molecular flexibility index (Phi) is 2.88. The van der Waals surface area contributed by atoms with Gasteiger partial charge >= 0.3 is 7.69 Å². The maximum absolute atomic E-state index is 5.33. The first-order valence-electron chi connectivity index (χ1n) is 4.64. The Labute approximate surface area is 79.2 Å². The highest BCUT2D eigenvalue weighted by atomic mass is 16.6. The summed E-state index contributed by atoms with van der Waals surface area (Å²) in [5.41, 5.74) is 0. The van der Waals surface area contributed by atoms with Gasteiger partial charge in [-0.05, 0) is 31.4 Å². The maximum Gasteiger partial charge on any atom is 0.572 e. The van der Waals surface area contributed by atoms with E-state index < -0.39 is 0 Å². The Morgan fingerprint density at radius 3 is 2.54 bits per heavy atom. The summed E-state index contributed by atoms with van der Waals surface area (Å²) in [6.45, 7) is 0. The molecule has 1 saturated carbocycles. The van der Waals surface area contributed by atoms with Gasteiger partial charge in [0.05, 0.1) is 5.75 Å². The Balaban J connectivity index is 1.67. The van der Waals surface area contributed by atoms with Gasteiger partial charge in [-0.2, -0.15) is 0 Å². The van der Waals surface area contributed by atoms with Crippen LogP contribution in [0.25, 0.3) is 0 Å². The highest BCUT2D eigenvalue weighted by molar-refractivity contribution is 6.19. The van der Waals surface area contributed by atoms with Crippen LogP contribution in [0.3, 0.4) is 0 Å². The average molecular weight is 175 g/mol. The summed E-state index contributed by atoms with van der Waals surface area (Å²) >= 11 is 0. The quantitative estimate of drug-likeness (QED) is 0.652. The second kappa shape index (κ2) is 4.33. The lowest BCUT2D eigenvalue weighted by atomic mass is 9.95. The van der Waals surface area contributed by atoms with Crippen LogP contribution < -0.4 is 4.65 Å². The van der Waals surface area contributed by atoms with Crippen LogP contribution in [0.4, 0.5) is 0 Å². The summed E-state index contributed by atoms with van der Waals surface area (Å²) < 4.78 is 10.6. The van der Waals surface area contributed by atoms with Crippen molar-refractivity contribution in [1.82, 2.24) is 0 Å². The molecule has 1 aliphatic rings. The molecule has 0 saturated heterocycles. The lowest BCUT2D eigenvalue weighted by molar-refractivity contribution is 0.110. The fourth-order valence-corrected chi connectivity index (χ4v) is 1.17. The SMILES string of the molecule is [B](Oc1ccccc1)OC1CCC1. The average Bonchev–Trinajstić information content (AvgIpc) is 2.11. The number of rotatable bonds is 4. The third-order valence-corrected chi connectivity index (χ3v) is 2.23. The maximum atomic E-state index is 5.33. The number of hydrogen-bond donors (Lipinski definition) is 0. The molecule has 1 radical (unpaired) electrons. The van der Waals surface area contributed by atoms with Crippen LogP contribution in [0.2, 0.25) is 0 Å². The number of hydrogen-bond acceptors (Lipinski definition) is 2. The molecule has 0 amide bonds. The number of benzene rings is 1. The Hall–Kier alpha value is -0.955. The van der Waals surface area contributed by atoms with E-state index in [0.29, 0.717) is 6.10 Å². The van der Waals surface area contributed by atoms with Gasteiger partial charge in [0.2, 0.25) is 0 Å². The molecule has 67 valence electrons. The normalized spacial score (nSPS) is 16.3. The van der Waals surface area contributed by atoms with Crippen LogP contribution in [-0.2, 0) is 4.65 Å². The second-order valence-corrected chi connectivity index (χ2v) is 3.22. The van der Waals surface area contributed by atoms with Gasteiger partial charge in [-0.1, -0.05) is 18.2 Å². The Morgan fingerprint density at radius 1 is 1.15 bits per heavy atom. The van der Waals surface area contributed by atoms with Crippen molar-refractivity contribution in [3.05, 3.63) is 30.3 Å². The molecule has 3 heteroatoms. The Morgan fingerprint density at radius 2 is 1.92 bits per heavy atom. The minimum absolute atomic E-state index is 0.392. The van der Waals surface area contributed by atoms with Gasteiger partial charge in [-0.25, -0.2) is 0 Å². The summed E-state index contributed by atoms with van der Waals surface area (Å²) in [5.74, 6) is 0.821. The molecule has 1 fully saturated rings. The summed E-state index contributed by atoms with van der Waals surface area (Å²) in [6, 6.07) is 9.64. The predicted molar refractivity (Wildman–Crippen MR) is 51.5 cm³/mol. The fourth-order valence-electron chi connectivity index (χ4n) is 1.17. The summed E-state index contributed by atoms with van der Waals surface area (Å²) in [4.78, 5) is 0. The fraction of sp³-hybridized carbons (Fsp3) is 0.400. The summed E-state index contributed by atoms with van der Waals surface area (Å²) in [7, 11) is 1.44. The lowest BCUT2D eigenvalue weighted by Crippen LogP contribution is -2.25. The molecule has 13 heavy (non-hydrogen) atoms. The molecule has 0 atom stereocenters. The van der Waals surface area contributed by atoms with Crippen LogP contribution in [0.5, 0.6) is 5.75 Å². The molecule has 0 spiro atoms. The molecular formula is C10H12BO2. The smallest absolute Gasteiger partial charge is 0.537 e. The predicted octanol–water partition coefficient (Wildman–Crippen LogP) is 2.17. The van der Waals surface area contributed by atoms with E-state index in [-0.39, 0.29) is 0 Å². The minimum atomic E-state index is 0.392. The van der Waals surface area contributed by atoms with Crippen molar-refractivity contribution in [2.75, 3.05) is 0 Å². The summed E-state index contributed by atoms with van der Waals surface area (Å²) in [6.07, 6.45) is 4.00. The van der Waals surface area contributed by atoms with Crippen LogP contribution in [0.15, 0.2) is 30.3 Å². The first-order chi connectivity index (χ1) is 6.45. The van der Waals surface area contributed by atoms with E-state index >= 15 is 0 Å². The third-order valence-electron chi connectivity index (χ3n) is 2.23. The van der Waals surface area contributed by atoms with Gasteiger partial charge in [0, 0.05) is 6.10 Å². The zero-order chi connectivity index (χ0) is 8.93. The molecule has 0 heterocycles. The molecule has 0 aromatic heterocycles. The standard InChI is InChI=1S/C10H12BO2/c1-2-5-9(6-3-1)12-11-13-10-7-4-8-10/h1-3,5-6,10H,4,7-8H2. The van der Waals surface area contributed by atoms with Crippen LogP contribution in [0.1, 0.15) is 19.3 Å². The van der Waals surface area contributed by atoms with Gasteiger partial charge in [0.1, 0.15) is 0 Å². The van der Waals surface area contributed by atoms with Crippen molar-refractivity contribution in [3.63, 3.8) is 0 Å². The zero-order valence-corrected chi connectivity index (χ0v) is 7.48. The van der Waals surface area contributed by atoms with Crippen molar-refractivity contribution in [1.29, 1.82) is 0 Å². The molecule has 1 aromatic carbocycles. The van der Waals surface area contributed by atoms with Crippen LogP contribution >= 0.6 is 0 Å². The number of para-hydroxylation sites is 1. The van der Waals surface area contributed by atoms with Crippen molar-refractivity contribution >= 4 is 7.69 Å². The Bertz CT molecular complexity index is 246. The first-order valence-corrected chi connectivity index (χ1v) is 4.64. The van der Waals surface area contributed by atoms with Gasteiger partial charge in [0.15, 0.2) is 0 Å². The monoisotopic (exact) mass is 175 g/mol. The van der Waals surface area contributed by atoms with E-state index in [1.165, 1.54) is 14.1 Å². The van der Waals surface area contributed by atoms with Crippen molar-refractivity contribution < 1.29 is 9.31 Å². The highest BCUT2D eigenvalue weighted by Gasteiger charge is 2.18. The van der Waals surface area contributed by atoms with E-state index in [4.69, 9.17) is 9.31 Å². The molecular weight excluding hydrogens is 163 g/mol. The molecule has 0 unspecified atom stereocenters. The molecule has 1 aliphatic carbocycles. The van der Waals surface area contributed by atoms with Gasteiger partial charge in [0.25, 0.3) is 0 Å². The second-order valence-electron chi connectivity index (χ2n) is 3.22. The molecule has 1 aromatic rings. The molecule has 0 aliphatic heterocycles. The molecule has 0 bridgehead atoms. The van der Waals surface area contributed by atoms with Crippen LogP contribution in [0, 0.1) is 0 Å². The molecule has 2 rings (SSSR count). The zero-order valence-electron chi connectivity index (χ0n) is 7.48. The van der Waals surface area contributed by atoms with E-state index in [2.05, 4.69) is 0 Å². The van der Waals surface area contributed by atoms with E-state index in [1.54, 1.807) is 0 Å². The topological polar surface area (TPSA) is 18.5 Å². The van der Waals surface area contributed by atoms with Gasteiger partial charge in [-0.3, -0.25) is 0 Å². The summed E-state index contributed by atoms with van der Waals surface area (Å²) in [5, 5.41) is 0. The largest absolute Gasteiger partial charge is 0.572 e. The molecule has 2 nitrogen and oxygen atoms in total. The third kappa shape index (κ3) is 2.49. The van der Waals surface area contributed by atoms with Gasteiger partial charge < -0.3 is 9.31 Å². The van der Waals surface area contributed by atoms with E-state index in [0.717, 1.165) is 18.6 Å². The van der Waals surface area contributed by atoms with E-state index in [1.807, 2.05) is 30.3 Å². The highest BCUT2D eigenvalue weighted by Crippen LogP contribution is 2.21. The van der Waals surface area contributed by atoms with Crippen LogP contribution in [-0.4, -0.2) is 13.8 Å². The molecule has 0 N–H and O–H groups in total. The van der Waals surface area contributed by atoms with E-state index in [9.17, 15) is 0 Å². The van der Waals surface area contributed by atoms with Crippen molar-refractivity contribution in [2.45, 2.75) is 25.4 Å². The van der Waals surface area contributed by atoms with Crippen molar-refractivity contribution in [3.8, 4) is 5.75 Å². The minimum Gasteiger partial charge on any atom is -0.537 e. The van der Waals surface area contributed by atoms with Gasteiger partial charge in [-0.15, -0.1) is 0 Å². The van der Waals surface area contributed by atoms with Crippen molar-refractivity contribution in [2.24, 2.45) is 0 Å². The lowest BCUT2D eigenvalue weighted by Gasteiger charge is -2.24.